The highest BCUT2D eigenvalue weighted by Gasteiger charge is 1.99. The predicted octanol–water partition coefficient (Wildman–Crippen LogP) is 5.86. The van der Waals surface area contributed by atoms with E-state index in [2.05, 4.69) is 31.3 Å². The minimum Gasteiger partial charge on any atom is -0.494 e. The Kier molecular flexibility index (Phi) is 8.47. The maximum Gasteiger partial charge on any atom is 0.248 e. The van der Waals surface area contributed by atoms with Crippen molar-refractivity contribution in [2.75, 3.05) is 11.9 Å². The molecule has 0 saturated heterocycles. The maximum atomic E-state index is 12.1. The highest BCUT2D eigenvalue weighted by atomic mass is 16.5. The largest absolute Gasteiger partial charge is 0.494 e. The summed E-state index contributed by atoms with van der Waals surface area (Å²) in [6, 6.07) is 15.8. The first kappa shape index (κ1) is 19.8. The zero-order chi connectivity index (χ0) is 18.6. The van der Waals surface area contributed by atoms with E-state index in [1.165, 1.54) is 18.4 Å². The number of aryl methyl sites for hydroxylation is 1. The van der Waals surface area contributed by atoms with Crippen LogP contribution in [0.5, 0.6) is 5.75 Å². The van der Waals surface area contributed by atoms with E-state index >= 15 is 0 Å². The van der Waals surface area contributed by atoms with Gasteiger partial charge in [-0.25, -0.2) is 0 Å². The fourth-order valence-electron chi connectivity index (χ4n) is 2.50. The van der Waals surface area contributed by atoms with Gasteiger partial charge in [-0.15, -0.1) is 0 Å². The fourth-order valence-corrected chi connectivity index (χ4v) is 2.50. The first-order valence-corrected chi connectivity index (χ1v) is 9.52. The summed E-state index contributed by atoms with van der Waals surface area (Å²) in [5.41, 5.74) is 3.10. The number of carbonyl (C=O) groups excluding carboxylic acids is 1. The van der Waals surface area contributed by atoms with Crippen molar-refractivity contribution in [3.05, 3.63) is 65.7 Å². The molecule has 0 radical (unpaired) electrons. The van der Waals surface area contributed by atoms with Crippen LogP contribution >= 0.6 is 0 Å². The van der Waals surface area contributed by atoms with Crippen LogP contribution < -0.4 is 10.1 Å². The molecule has 0 atom stereocenters. The molecule has 0 aromatic heterocycles. The van der Waals surface area contributed by atoms with E-state index < -0.39 is 0 Å². The van der Waals surface area contributed by atoms with Gasteiger partial charge in [0.15, 0.2) is 0 Å². The fraction of sp³-hybridized carbons (Fsp3) is 0.348. The van der Waals surface area contributed by atoms with Crippen molar-refractivity contribution in [3.63, 3.8) is 0 Å². The summed E-state index contributed by atoms with van der Waals surface area (Å²) in [7, 11) is 0. The highest BCUT2D eigenvalue weighted by molar-refractivity contribution is 6.01. The SMILES string of the molecule is CCCCOc1ccc(/C=C/C(=O)Nc2ccc(CCCC)cc2)cc1. The Morgan fingerprint density at radius 3 is 2.31 bits per heavy atom. The topological polar surface area (TPSA) is 38.3 Å². The average Bonchev–Trinajstić information content (AvgIpc) is 2.67. The summed E-state index contributed by atoms with van der Waals surface area (Å²) >= 11 is 0. The highest BCUT2D eigenvalue weighted by Crippen LogP contribution is 2.15. The molecule has 3 nitrogen and oxygen atoms in total. The van der Waals surface area contributed by atoms with Crippen molar-refractivity contribution in [1.82, 2.24) is 0 Å². The number of carbonyl (C=O) groups is 1. The summed E-state index contributed by atoms with van der Waals surface area (Å²) in [5.74, 6) is 0.734. The van der Waals surface area contributed by atoms with Crippen LogP contribution in [0, 0.1) is 0 Å². The summed E-state index contributed by atoms with van der Waals surface area (Å²) in [5, 5.41) is 2.89. The van der Waals surface area contributed by atoms with Crippen molar-refractivity contribution >= 4 is 17.7 Å². The van der Waals surface area contributed by atoms with Gasteiger partial charge in [0.05, 0.1) is 6.61 Å². The number of hydrogen-bond acceptors (Lipinski definition) is 2. The predicted molar refractivity (Wildman–Crippen MR) is 110 cm³/mol. The summed E-state index contributed by atoms with van der Waals surface area (Å²) in [6.07, 6.45) is 9.01. The molecule has 0 aliphatic rings. The molecule has 0 bridgehead atoms. The van der Waals surface area contributed by atoms with Gasteiger partial charge in [-0.05, 0) is 60.7 Å². The number of rotatable bonds is 10. The molecule has 0 aliphatic carbocycles. The smallest absolute Gasteiger partial charge is 0.248 e. The van der Waals surface area contributed by atoms with Gasteiger partial charge in [0.2, 0.25) is 5.91 Å². The number of anilines is 1. The molecule has 0 aliphatic heterocycles. The van der Waals surface area contributed by atoms with Crippen molar-refractivity contribution in [3.8, 4) is 5.75 Å². The van der Waals surface area contributed by atoms with E-state index in [0.717, 1.165) is 42.9 Å². The maximum absolute atomic E-state index is 12.1. The summed E-state index contributed by atoms with van der Waals surface area (Å²) in [6.45, 7) is 5.07. The Labute approximate surface area is 157 Å². The molecular formula is C23H29NO2. The third-order valence-electron chi connectivity index (χ3n) is 4.11. The Bertz CT molecular complexity index is 687. The third kappa shape index (κ3) is 7.14. The molecule has 2 aromatic carbocycles. The lowest BCUT2D eigenvalue weighted by Gasteiger charge is -2.05. The lowest BCUT2D eigenvalue weighted by molar-refractivity contribution is -0.111. The average molecular weight is 351 g/mol. The summed E-state index contributed by atoms with van der Waals surface area (Å²) in [4.78, 5) is 12.1. The van der Waals surface area contributed by atoms with Gasteiger partial charge in [-0.1, -0.05) is 51.0 Å². The van der Waals surface area contributed by atoms with E-state index in [1.807, 2.05) is 36.4 Å². The second kappa shape index (κ2) is 11.1. The van der Waals surface area contributed by atoms with Crippen LogP contribution in [0.3, 0.4) is 0 Å². The van der Waals surface area contributed by atoms with Crippen LogP contribution in [0.2, 0.25) is 0 Å². The molecule has 0 spiro atoms. The molecule has 0 unspecified atom stereocenters. The molecular weight excluding hydrogens is 322 g/mol. The number of amides is 1. The first-order chi connectivity index (χ1) is 12.7. The Morgan fingerprint density at radius 2 is 1.65 bits per heavy atom. The molecule has 0 saturated carbocycles. The van der Waals surface area contributed by atoms with E-state index in [9.17, 15) is 4.79 Å². The van der Waals surface area contributed by atoms with E-state index in [4.69, 9.17) is 4.74 Å². The van der Waals surface area contributed by atoms with Crippen LogP contribution in [0.25, 0.3) is 6.08 Å². The molecule has 2 aromatic rings. The van der Waals surface area contributed by atoms with E-state index in [1.54, 1.807) is 12.2 Å². The molecule has 0 heterocycles. The van der Waals surface area contributed by atoms with Crippen molar-refractivity contribution < 1.29 is 9.53 Å². The van der Waals surface area contributed by atoms with E-state index in [0.29, 0.717) is 0 Å². The van der Waals surface area contributed by atoms with Gasteiger partial charge in [0.1, 0.15) is 5.75 Å². The van der Waals surface area contributed by atoms with Gasteiger partial charge in [0.25, 0.3) is 0 Å². The standard InChI is InChI=1S/C23H29NO2/c1-3-5-7-19-8-13-21(14-9-19)24-23(25)17-12-20-10-15-22(16-11-20)26-18-6-4-2/h8-17H,3-7,18H2,1-2H3,(H,24,25)/b17-12+. The number of ether oxygens (including phenoxy) is 1. The van der Waals surface area contributed by atoms with Crippen molar-refractivity contribution in [2.45, 2.75) is 46.0 Å². The number of benzene rings is 2. The van der Waals surface area contributed by atoms with Crippen LogP contribution in [-0.2, 0) is 11.2 Å². The summed E-state index contributed by atoms with van der Waals surface area (Å²) < 4.78 is 5.64. The van der Waals surface area contributed by atoms with Crippen LogP contribution in [0.1, 0.15) is 50.7 Å². The number of unbranched alkanes of at least 4 members (excludes halogenated alkanes) is 2. The number of hydrogen-bond donors (Lipinski definition) is 1. The first-order valence-electron chi connectivity index (χ1n) is 9.52. The lowest BCUT2D eigenvalue weighted by atomic mass is 10.1. The monoisotopic (exact) mass is 351 g/mol. The van der Waals surface area contributed by atoms with Crippen LogP contribution in [-0.4, -0.2) is 12.5 Å². The molecule has 1 amide bonds. The van der Waals surface area contributed by atoms with Crippen molar-refractivity contribution in [2.24, 2.45) is 0 Å². The molecule has 26 heavy (non-hydrogen) atoms. The van der Waals surface area contributed by atoms with Gasteiger partial charge >= 0.3 is 0 Å². The zero-order valence-corrected chi connectivity index (χ0v) is 15.8. The van der Waals surface area contributed by atoms with Gasteiger partial charge < -0.3 is 10.1 Å². The minimum atomic E-state index is -0.130. The van der Waals surface area contributed by atoms with Crippen molar-refractivity contribution in [1.29, 1.82) is 0 Å². The van der Waals surface area contributed by atoms with Gasteiger partial charge in [0, 0.05) is 11.8 Å². The third-order valence-corrected chi connectivity index (χ3v) is 4.11. The lowest BCUT2D eigenvalue weighted by Crippen LogP contribution is -2.07. The van der Waals surface area contributed by atoms with Gasteiger partial charge in [-0.3, -0.25) is 4.79 Å². The second-order valence-corrected chi connectivity index (χ2v) is 6.39. The normalized spacial score (nSPS) is 10.8. The minimum absolute atomic E-state index is 0.130. The Hall–Kier alpha value is -2.55. The molecule has 3 heteroatoms. The molecule has 138 valence electrons. The van der Waals surface area contributed by atoms with Crippen LogP contribution in [0.15, 0.2) is 54.6 Å². The Balaban J connectivity index is 1.82. The molecule has 2 rings (SSSR count). The van der Waals surface area contributed by atoms with Gasteiger partial charge in [-0.2, -0.15) is 0 Å². The second-order valence-electron chi connectivity index (χ2n) is 6.39. The van der Waals surface area contributed by atoms with Crippen LogP contribution in [0.4, 0.5) is 5.69 Å². The quantitative estimate of drug-likeness (QED) is 0.430. The Morgan fingerprint density at radius 1 is 0.962 bits per heavy atom. The van der Waals surface area contributed by atoms with E-state index in [-0.39, 0.29) is 5.91 Å². The molecule has 1 N–H and O–H groups in total. The zero-order valence-electron chi connectivity index (χ0n) is 15.8. The number of nitrogens with one attached hydrogen (secondary N) is 1. The molecule has 0 fully saturated rings.